The van der Waals surface area contributed by atoms with E-state index < -0.39 is 0 Å². The molecular formula is C23H21N. The molecular weight excluding hydrogens is 290 g/mol. The third-order valence-corrected chi connectivity index (χ3v) is 3.87. The van der Waals surface area contributed by atoms with Gasteiger partial charge in [0, 0.05) is 16.5 Å². The highest BCUT2D eigenvalue weighted by molar-refractivity contribution is 5.86. The van der Waals surface area contributed by atoms with Crippen LogP contribution in [0.4, 0.5) is 0 Å². The maximum absolute atomic E-state index is 4.77. The van der Waals surface area contributed by atoms with E-state index in [1.54, 1.807) is 0 Å². The number of benzene rings is 3. The van der Waals surface area contributed by atoms with Gasteiger partial charge in [-0.25, -0.2) is 0 Å². The molecule has 0 aliphatic carbocycles. The molecule has 0 atom stereocenters. The second-order valence-electron chi connectivity index (χ2n) is 6.01. The van der Waals surface area contributed by atoms with Crippen molar-refractivity contribution in [2.24, 2.45) is 4.99 Å². The van der Waals surface area contributed by atoms with Gasteiger partial charge in [-0.3, -0.25) is 4.99 Å². The summed E-state index contributed by atoms with van der Waals surface area (Å²) in [4.78, 5) is 4.77. The molecule has 0 aliphatic heterocycles. The van der Waals surface area contributed by atoms with Crippen LogP contribution in [0.2, 0.25) is 0 Å². The van der Waals surface area contributed by atoms with E-state index in [2.05, 4.69) is 61.2 Å². The van der Waals surface area contributed by atoms with E-state index in [1.807, 2.05) is 38.1 Å². The van der Waals surface area contributed by atoms with Crippen LogP contribution in [0.1, 0.15) is 19.4 Å². The summed E-state index contributed by atoms with van der Waals surface area (Å²) >= 11 is 0. The molecule has 0 aromatic heterocycles. The molecule has 1 nitrogen and oxygen atoms in total. The number of nitrogens with zero attached hydrogens (tertiary/aromatic N) is 1. The molecule has 3 aromatic carbocycles. The Morgan fingerprint density at radius 2 is 1.29 bits per heavy atom. The van der Waals surface area contributed by atoms with Crippen molar-refractivity contribution in [1.29, 1.82) is 0 Å². The number of hydrogen-bond donors (Lipinski definition) is 0. The molecule has 3 rings (SSSR count). The van der Waals surface area contributed by atoms with Gasteiger partial charge in [0.25, 0.3) is 0 Å². The molecule has 0 fully saturated rings. The minimum Gasteiger partial charge on any atom is -0.257 e. The summed E-state index contributed by atoms with van der Waals surface area (Å²) < 4.78 is 0. The largest absolute Gasteiger partial charge is 0.257 e. The van der Waals surface area contributed by atoms with Crippen molar-refractivity contribution < 1.29 is 0 Å². The van der Waals surface area contributed by atoms with Crippen molar-refractivity contribution in [2.75, 3.05) is 0 Å². The number of hydrogen-bond acceptors (Lipinski definition) is 1. The first-order chi connectivity index (χ1) is 11.6. The van der Waals surface area contributed by atoms with Gasteiger partial charge in [0.15, 0.2) is 0 Å². The van der Waals surface area contributed by atoms with Gasteiger partial charge in [0.05, 0.1) is 5.70 Å². The second-order valence-corrected chi connectivity index (χ2v) is 6.01. The fraction of sp³-hybridized carbons (Fsp3) is 0.0870. The van der Waals surface area contributed by atoms with E-state index in [9.17, 15) is 0 Å². The van der Waals surface area contributed by atoms with Gasteiger partial charge < -0.3 is 0 Å². The summed E-state index contributed by atoms with van der Waals surface area (Å²) in [5, 5.41) is 2.07. The zero-order valence-corrected chi connectivity index (χ0v) is 14.2. The van der Waals surface area contributed by atoms with E-state index in [0.29, 0.717) is 0 Å². The van der Waals surface area contributed by atoms with E-state index in [4.69, 9.17) is 4.99 Å². The van der Waals surface area contributed by atoms with Crippen LogP contribution in [0.5, 0.6) is 0 Å². The van der Waals surface area contributed by atoms with E-state index in [0.717, 1.165) is 27.4 Å². The third-order valence-electron chi connectivity index (χ3n) is 3.87. The smallest absolute Gasteiger partial charge is 0.0779 e. The molecule has 0 unspecified atom stereocenters. The third kappa shape index (κ3) is 3.52. The molecule has 0 N–H and O–H groups in total. The van der Waals surface area contributed by atoms with Crippen molar-refractivity contribution >= 4 is 18.0 Å². The summed E-state index contributed by atoms with van der Waals surface area (Å²) in [5.41, 5.74) is 5.53. The van der Waals surface area contributed by atoms with Crippen LogP contribution in [0.15, 0.2) is 83.9 Å². The Morgan fingerprint density at radius 3 is 1.92 bits per heavy atom. The van der Waals surface area contributed by atoms with Crippen LogP contribution in [0, 0.1) is 0 Å². The first-order valence-corrected chi connectivity index (χ1v) is 8.11. The summed E-state index contributed by atoms with van der Waals surface area (Å²) in [6.07, 6.45) is 0. The van der Waals surface area contributed by atoms with Gasteiger partial charge in [-0.1, -0.05) is 85.4 Å². The van der Waals surface area contributed by atoms with Crippen molar-refractivity contribution in [3.63, 3.8) is 0 Å². The van der Waals surface area contributed by atoms with Crippen molar-refractivity contribution in [2.45, 2.75) is 13.8 Å². The van der Waals surface area contributed by atoms with Gasteiger partial charge in [0.1, 0.15) is 0 Å². The monoisotopic (exact) mass is 311 g/mol. The minimum absolute atomic E-state index is 0.972. The molecule has 118 valence electrons. The SMILES string of the molecule is C=c1cccc/c1=C(/N=C(C)C)c1ccc(-c2ccccc2)cc1. The molecule has 0 radical (unpaired) electrons. The molecule has 0 heterocycles. The molecule has 1 heteroatoms. The normalized spacial score (nSPS) is 11.8. The lowest BCUT2D eigenvalue weighted by molar-refractivity contribution is 1.39. The first kappa shape index (κ1) is 15.9. The van der Waals surface area contributed by atoms with Gasteiger partial charge in [-0.05, 0) is 30.2 Å². The fourth-order valence-electron chi connectivity index (χ4n) is 2.71. The molecule has 0 saturated heterocycles. The van der Waals surface area contributed by atoms with E-state index >= 15 is 0 Å². The molecule has 24 heavy (non-hydrogen) atoms. The highest BCUT2D eigenvalue weighted by Gasteiger charge is 2.04. The lowest BCUT2D eigenvalue weighted by Crippen LogP contribution is -2.25. The summed E-state index contributed by atoms with van der Waals surface area (Å²) in [6.45, 7) is 8.19. The van der Waals surface area contributed by atoms with E-state index in [-0.39, 0.29) is 0 Å². The quantitative estimate of drug-likeness (QED) is 0.636. The standard InChI is InChI=1S/C23H21N/c1-17(2)24-23(22-12-8-7-9-18(22)3)21-15-13-20(14-16-21)19-10-5-4-6-11-19/h4-16H,3H2,1-2H3/b23-22-. The van der Waals surface area contributed by atoms with Crippen LogP contribution >= 0.6 is 0 Å². The Morgan fingerprint density at radius 1 is 0.708 bits per heavy atom. The zero-order valence-electron chi connectivity index (χ0n) is 14.2. The number of rotatable bonds is 3. The maximum atomic E-state index is 4.77. The van der Waals surface area contributed by atoms with Gasteiger partial charge in [0.2, 0.25) is 0 Å². The lowest BCUT2D eigenvalue weighted by Gasteiger charge is -2.07. The number of aliphatic imine (C=N–C) groups is 1. The zero-order chi connectivity index (χ0) is 16.9. The molecule has 0 bridgehead atoms. The molecule has 3 aromatic rings. The van der Waals surface area contributed by atoms with Crippen LogP contribution < -0.4 is 10.4 Å². The van der Waals surface area contributed by atoms with E-state index in [1.165, 1.54) is 11.1 Å². The summed E-state index contributed by atoms with van der Waals surface area (Å²) in [6, 6.07) is 27.1. The first-order valence-electron chi connectivity index (χ1n) is 8.11. The van der Waals surface area contributed by atoms with Crippen LogP contribution in [0.25, 0.3) is 23.4 Å². The average molecular weight is 311 g/mol. The average Bonchev–Trinajstić information content (AvgIpc) is 2.61. The Balaban J connectivity index is 2.15. The van der Waals surface area contributed by atoms with Gasteiger partial charge in [-0.15, -0.1) is 0 Å². The predicted octanol–water partition coefficient (Wildman–Crippen LogP) is 4.40. The fourth-order valence-corrected chi connectivity index (χ4v) is 2.71. The Labute approximate surface area is 143 Å². The Bertz CT molecular complexity index is 961. The molecule has 0 spiro atoms. The van der Waals surface area contributed by atoms with Crippen LogP contribution in [0.3, 0.4) is 0 Å². The highest BCUT2D eigenvalue weighted by atomic mass is 14.7. The second kappa shape index (κ2) is 7.10. The Hall–Kier alpha value is -2.93. The van der Waals surface area contributed by atoms with Gasteiger partial charge in [-0.2, -0.15) is 0 Å². The van der Waals surface area contributed by atoms with Crippen molar-refractivity contribution in [3.8, 4) is 11.1 Å². The van der Waals surface area contributed by atoms with Crippen molar-refractivity contribution in [1.82, 2.24) is 0 Å². The lowest BCUT2D eigenvalue weighted by atomic mass is 10.0. The van der Waals surface area contributed by atoms with Gasteiger partial charge >= 0.3 is 0 Å². The summed E-state index contributed by atoms with van der Waals surface area (Å²) in [5.74, 6) is 0. The molecule has 0 saturated carbocycles. The molecule has 0 amide bonds. The van der Waals surface area contributed by atoms with Crippen LogP contribution in [-0.4, -0.2) is 5.71 Å². The van der Waals surface area contributed by atoms with Crippen molar-refractivity contribution in [3.05, 3.63) is 94.9 Å². The predicted molar refractivity (Wildman–Crippen MR) is 104 cm³/mol. The maximum Gasteiger partial charge on any atom is 0.0779 e. The topological polar surface area (TPSA) is 12.4 Å². The minimum atomic E-state index is 0.972. The molecule has 0 aliphatic rings. The van der Waals surface area contributed by atoms with Crippen LogP contribution in [-0.2, 0) is 0 Å². The Kier molecular flexibility index (Phi) is 4.72. The summed E-state index contributed by atoms with van der Waals surface area (Å²) in [7, 11) is 0. The highest BCUT2D eigenvalue weighted by Crippen LogP contribution is 2.22.